The van der Waals surface area contributed by atoms with Gasteiger partial charge in [0, 0.05) is 12.1 Å². The van der Waals surface area contributed by atoms with Gasteiger partial charge in [-0.1, -0.05) is 6.92 Å². The average Bonchev–Trinajstić information content (AvgIpc) is 2.69. The molecule has 0 spiro atoms. The third-order valence-corrected chi connectivity index (χ3v) is 3.69. The van der Waals surface area contributed by atoms with Crippen LogP contribution in [0.3, 0.4) is 0 Å². The van der Waals surface area contributed by atoms with Crippen LogP contribution in [0.2, 0.25) is 0 Å². The van der Waals surface area contributed by atoms with E-state index in [1.165, 1.54) is 27.4 Å². The zero-order valence-electron chi connectivity index (χ0n) is 16.7. The third kappa shape index (κ3) is 7.18. The van der Waals surface area contributed by atoms with Crippen LogP contribution in [-0.2, 0) is 14.3 Å². The first-order valence-corrected chi connectivity index (χ1v) is 8.59. The molecular weight excluding hydrogens is 368 g/mol. The maximum Gasteiger partial charge on any atom is 0.331 e. The van der Waals surface area contributed by atoms with Gasteiger partial charge in [-0.25, -0.2) is 9.59 Å². The van der Waals surface area contributed by atoms with E-state index in [2.05, 4.69) is 10.6 Å². The quantitative estimate of drug-likeness (QED) is 0.486. The maximum absolute atomic E-state index is 11.8. The smallest absolute Gasteiger partial charge is 0.331 e. The number of methoxy groups -OCH3 is 3. The number of hydrogen-bond donors (Lipinski definition) is 2. The molecule has 154 valence electrons. The predicted molar refractivity (Wildman–Crippen MR) is 103 cm³/mol. The molecule has 2 N–H and O–H groups in total. The summed E-state index contributed by atoms with van der Waals surface area (Å²) in [5.74, 6) is -0.179. The van der Waals surface area contributed by atoms with E-state index in [9.17, 15) is 14.4 Å². The molecule has 3 amide bonds. The molecule has 0 radical (unpaired) electrons. The molecule has 0 aromatic heterocycles. The van der Waals surface area contributed by atoms with Crippen molar-refractivity contribution < 1.29 is 33.3 Å². The third-order valence-electron chi connectivity index (χ3n) is 3.69. The molecule has 1 atom stereocenters. The largest absolute Gasteiger partial charge is 0.493 e. The summed E-state index contributed by atoms with van der Waals surface area (Å²) in [6.45, 7) is 3.12. The Balaban J connectivity index is 2.62. The Morgan fingerprint density at radius 2 is 1.68 bits per heavy atom. The predicted octanol–water partition coefficient (Wildman–Crippen LogP) is 1.89. The number of esters is 1. The van der Waals surface area contributed by atoms with E-state index in [1.54, 1.807) is 19.1 Å². The molecule has 1 rings (SSSR count). The van der Waals surface area contributed by atoms with E-state index >= 15 is 0 Å². The molecule has 28 heavy (non-hydrogen) atoms. The van der Waals surface area contributed by atoms with Crippen LogP contribution >= 0.6 is 0 Å². The Morgan fingerprint density at radius 1 is 1.07 bits per heavy atom. The van der Waals surface area contributed by atoms with Gasteiger partial charge < -0.3 is 24.3 Å². The molecule has 0 saturated carbocycles. The second-order valence-electron chi connectivity index (χ2n) is 5.73. The summed E-state index contributed by atoms with van der Waals surface area (Å²) < 4.78 is 20.5. The van der Waals surface area contributed by atoms with Gasteiger partial charge >= 0.3 is 12.0 Å². The summed E-state index contributed by atoms with van der Waals surface area (Å²) in [7, 11) is 4.45. The fraction of sp³-hybridized carbons (Fsp3) is 0.421. The van der Waals surface area contributed by atoms with E-state index in [0.717, 1.165) is 12.5 Å². The molecule has 0 fully saturated rings. The van der Waals surface area contributed by atoms with Gasteiger partial charge in [0.15, 0.2) is 18.1 Å². The number of rotatable bonds is 9. The van der Waals surface area contributed by atoms with Gasteiger partial charge in [0.1, 0.15) is 0 Å². The zero-order chi connectivity index (χ0) is 21.1. The van der Waals surface area contributed by atoms with Crippen LogP contribution in [-0.4, -0.2) is 51.9 Å². The highest BCUT2D eigenvalue weighted by atomic mass is 16.5. The summed E-state index contributed by atoms with van der Waals surface area (Å²) >= 11 is 0. The molecule has 0 unspecified atom stereocenters. The van der Waals surface area contributed by atoms with Gasteiger partial charge in [-0.3, -0.25) is 10.1 Å². The standard InChI is InChI=1S/C19H26N2O7/c1-6-12(2)20-19(24)21-16(22)11-28-17(23)8-7-13-9-14(25-3)18(27-5)15(10-13)26-4/h7-10,12H,6,11H2,1-5H3,(H2,20,21,22,24)/b8-7+/t12-/m1/s1. The van der Waals surface area contributed by atoms with Crippen LogP contribution in [0, 0.1) is 0 Å². The number of hydrogen-bond acceptors (Lipinski definition) is 7. The van der Waals surface area contributed by atoms with Crippen molar-refractivity contribution in [3.05, 3.63) is 23.8 Å². The Labute approximate surface area is 164 Å². The van der Waals surface area contributed by atoms with Crippen LogP contribution in [0.1, 0.15) is 25.8 Å². The minimum Gasteiger partial charge on any atom is -0.493 e. The molecule has 0 heterocycles. The van der Waals surface area contributed by atoms with Crippen molar-refractivity contribution >= 4 is 24.0 Å². The minimum absolute atomic E-state index is 0.0724. The number of amides is 3. The fourth-order valence-corrected chi connectivity index (χ4v) is 2.07. The van der Waals surface area contributed by atoms with Crippen LogP contribution in [0.5, 0.6) is 17.2 Å². The first-order chi connectivity index (χ1) is 13.3. The van der Waals surface area contributed by atoms with Gasteiger partial charge in [-0.2, -0.15) is 0 Å². The second kappa shape index (κ2) is 11.5. The van der Waals surface area contributed by atoms with Crippen LogP contribution < -0.4 is 24.8 Å². The van der Waals surface area contributed by atoms with Crippen LogP contribution in [0.15, 0.2) is 18.2 Å². The van der Waals surface area contributed by atoms with Crippen LogP contribution in [0.4, 0.5) is 4.79 Å². The van der Waals surface area contributed by atoms with Crippen molar-refractivity contribution in [2.24, 2.45) is 0 Å². The lowest BCUT2D eigenvalue weighted by atomic mass is 10.1. The van der Waals surface area contributed by atoms with Gasteiger partial charge in [0.2, 0.25) is 5.75 Å². The van der Waals surface area contributed by atoms with Crippen LogP contribution in [0.25, 0.3) is 6.08 Å². The fourth-order valence-electron chi connectivity index (χ4n) is 2.07. The average molecular weight is 394 g/mol. The number of carbonyl (C=O) groups is 3. The highest BCUT2D eigenvalue weighted by Gasteiger charge is 2.13. The summed E-state index contributed by atoms with van der Waals surface area (Å²) in [5.41, 5.74) is 0.601. The molecule has 1 aromatic carbocycles. The number of nitrogens with one attached hydrogen (secondary N) is 2. The number of ether oxygens (including phenoxy) is 4. The summed E-state index contributed by atoms with van der Waals surface area (Å²) in [6.07, 6.45) is 3.34. The lowest BCUT2D eigenvalue weighted by molar-refractivity contribution is -0.143. The Hall–Kier alpha value is -3.23. The van der Waals surface area contributed by atoms with E-state index in [1.807, 2.05) is 6.92 Å². The van der Waals surface area contributed by atoms with Gasteiger partial charge in [0.25, 0.3) is 5.91 Å². The van der Waals surface area contributed by atoms with E-state index in [4.69, 9.17) is 18.9 Å². The second-order valence-corrected chi connectivity index (χ2v) is 5.73. The molecule has 0 saturated heterocycles. The monoisotopic (exact) mass is 394 g/mol. The molecule has 0 aliphatic carbocycles. The molecule has 9 heteroatoms. The molecule has 0 aliphatic rings. The van der Waals surface area contributed by atoms with Gasteiger partial charge in [0.05, 0.1) is 21.3 Å². The Morgan fingerprint density at radius 3 is 2.18 bits per heavy atom. The lowest BCUT2D eigenvalue weighted by Gasteiger charge is -2.12. The number of benzene rings is 1. The molecule has 0 bridgehead atoms. The molecule has 9 nitrogen and oxygen atoms in total. The Bertz CT molecular complexity index is 706. The van der Waals surface area contributed by atoms with Crippen molar-refractivity contribution in [3.63, 3.8) is 0 Å². The van der Waals surface area contributed by atoms with Crippen molar-refractivity contribution in [2.45, 2.75) is 26.3 Å². The SMILES string of the molecule is CC[C@@H](C)NC(=O)NC(=O)COC(=O)/C=C/c1cc(OC)c(OC)c(OC)c1. The highest BCUT2D eigenvalue weighted by molar-refractivity contribution is 5.96. The molecular formula is C19H26N2O7. The number of carbonyl (C=O) groups excluding carboxylic acids is 3. The van der Waals surface area contributed by atoms with E-state index in [0.29, 0.717) is 22.8 Å². The minimum atomic E-state index is -0.744. The first kappa shape index (κ1) is 22.8. The zero-order valence-corrected chi connectivity index (χ0v) is 16.7. The normalized spacial score (nSPS) is 11.5. The van der Waals surface area contributed by atoms with Crippen molar-refractivity contribution in [2.75, 3.05) is 27.9 Å². The van der Waals surface area contributed by atoms with E-state index < -0.39 is 24.5 Å². The summed E-state index contributed by atoms with van der Waals surface area (Å²) in [4.78, 5) is 34.9. The highest BCUT2D eigenvalue weighted by Crippen LogP contribution is 2.38. The topological polar surface area (TPSA) is 112 Å². The van der Waals surface area contributed by atoms with Gasteiger partial charge in [-0.15, -0.1) is 0 Å². The lowest BCUT2D eigenvalue weighted by Crippen LogP contribution is -2.44. The molecule has 1 aromatic rings. The first-order valence-electron chi connectivity index (χ1n) is 8.59. The van der Waals surface area contributed by atoms with Gasteiger partial charge in [-0.05, 0) is 37.1 Å². The van der Waals surface area contributed by atoms with Crippen molar-refractivity contribution in [1.82, 2.24) is 10.6 Å². The molecule has 0 aliphatic heterocycles. The maximum atomic E-state index is 11.8. The summed E-state index contributed by atoms with van der Waals surface area (Å²) in [5, 5.41) is 4.65. The van der Waals surface area contributed by atoms with Crippen molar-refractivity contribution in [1.29, 1.82) is 0 Å². The van der Waals surface area contributed by atoms with E-state index in [-0.39, 0.29) is 6.04 Å². The Kier molecular flexibility index (Phi) is 9.35. The number of urea groups is 1. The number of imide groups is 1. The van der Waals surface area contributed by atoms with Crippen molar-refractivity contribution in [3.8, 4) is 17.2 Å². The summed E-state index contributed by atoms with van der Waals surface area (Å²) in [6, 6.07) is 2.59.